The minimum absolute atomic E-state index is 0.0183. The monoisotopic (exact) mass is 733 g/mol. The first-order chi connectivity index (χ1) is 26.1. The predicted octanol–water partition coefficient (Wildman–Crippen LogP) is 3.31. The van der Waals surface area contributed by atoms with Crippen LogP contribution in [0.4, 0.5) is 21.6 Å². The van der Waals surface area contributed by atoms with Gasteiger partial charge in [-0.3, -0.25) is 24.6 Å². The zero-order valence-corrected chi connectivity index (χ0v) is 29.8. The van der Waals surface area contributed by atoms with Crippen molar-refractivity contribution in [3.63, 3.8) is 0 Å². The average Bonchev–Trinajstić information content (AvgIpc) is 3.68. The number of ether oxygens (including phenoxy) is 1. The molecule has 0 unspecified atom stereocenters. The number of carbonyl (C=O) groups is 3. The number of amides is 3. The number of carbonyl (C=O) groups excluding carboxylic acids is 3. The summed E-state index contributed by atoms with van der Waals surface area (Å²) in [6.07, 6.45) is 2.58. The van der Waals surface area contributed by atoms with Crippen LogP contribution in [0, 0.1) is 5.82 Å². The molecule has 278 valence electrons. The summed E-state index contributed by atoms with van der Waals surface area (Å²) in [6.45, 7) is 7.13. The van der Waals surface area contributed by atoms with Crippen molar-refractivity contribution < 1.29 is 28.6 Å². The molecule has 54 heavy (non-hydrogen) atoms. The number of hydrogen-bond acceptors (Lipinski definition) is 12. The van der Waals surface area contributed by atoms with Crippen LogP contribution in [0.15, 0.2) is 60.8 Å². The molecule has 15 heteroatoms. The average molecular weight is 734 g/mol. The van der Waals surface area contributed by atoms with Crippen LogP contribution in [0.1, 0.15) is 47.7 Å². The van der Waals surface area contributed by atoms with Crippen molar-refractivity contribution in [3.8, 4) is 22.9 Å². The molecule has 0 radical (unpaired) electrons. The number of aromatic hydroxyl groups is 1. The maximum absolute atomic E-state index is 15.5. The molecule has 2 aromatic heterocycles. The third-order valence-electron chi connectivity index (χ3n) is 11.4. The zero-order chi connectivity index (χ0) is 37.1. The van der Waals surface area contributed by atoms with Gasteiger partial charge in [-0.25, -0.2) is 9.37 Å². The van der Waals surface area contributed by atoms with E-state index in [2.05, 4.69) is 47.4 Å². The van der Waals surface area contributed by atoms with Gasteiger partial charge in [0.2, 0.25) is 11.8 Å². The Morgan fingerprint density at radius 1 is 1.02 bits per heavy atom. The van der Waals surface area contributed by atoms with Gasteiger partial charge in [0.25, 0.3) is 11.8 Å². The summed E-state index contributed by atoms with van der Waals surface area (Å²) in [7, 11) is 0. The van der Waals surface area contributed by atoms with Crippen molar-refractivity contribution >= 4 is 34.9 Å². The van der Waals surface area contributed by atoms with Crippen molar-refractivity contribution in [2.75, 3.05) is 54.4 Å². The number of nitrogens with one attached hydrogen (secondary N) is 2. The number of phenolic OH excluding ortho intramolecular Hbond substituents is 1. The van der Waals surface area contributed by atoms with Gasteiger partial charge in [0.15, 0.2) is 11.6 Å². The van der Waals surface area contributed by atoms with E-state index in [0.717, 1.165) is 48.7 Å². The number of benzene rings is 2. The summed E-state index contributed by atoms with van der Waals surface area (Å²) >= 11 is 0. The molecular weight excluding hydrogens is 693 g/mol. The quantitative estimate of drug-likeness (QED) is 0.239. The highest BCUT2D eigenvalue weighted by Crippen LogP contribution is 2.43. The summed E-state index contributed by atoms with van der Waals surface area (Å²) in [4.78, 5) is 50.0. The van der Waals surface area contributed by atoms with E-state index < -0.39 is 17.8 Å². The maximum atomic E-state index is 15.5. The Bertz CT molecular complexity index is 2180. The number of piperazine rings is 1. The smallest absolute Gasteiger partial charge is 0.255 e. The minimum atomic E-state index is -0.638. The Morgan fingerprint density at radius 2 is 1.85 bits per heavy atom. The number of imide groups is 1. The van der Waals surface area contributed by atoms with Gasteiger partial charge in [0, 0.05) is 81.7 Å². The number of phenols is 1. The molecular formula is C39H40FN9O5. The molecule has 2 aromatic carbocycles. The van der Waals surface area contributed by atoms with E-state index in [0.29, 0.717) is 61.7 Å². The number of nitrogens with zero attached hydrogens (tertiary/aromatic N) is 7. The Labute approximate surface area is 310 Å². The van der Waals surface area contributed by atoms with E-state index in [1.54, 1.807) is 29.3 Å². The number of aromatic nitrogens is 3. The third kappa shape index (κ3) is 6.11. The normalized spacial score (nSPS) is 23.8. The number of hydrogen-bond donors (Lipinski definition) is 3. The first kappa shape index (κ1) is 34.0. The molecule has 4 aromatic rings. The first-order valence-electron chi connectivity index (χ1n) is 18.4. The SMILES string of the molecule is C[C@]12CNc3nnc(-c4ccccc4O)cc3N1C[C@H](Oc1ncc(CN3CCN(c4ccc5c(c4)C(=O)N([C@H]4CCC(=O)NC4=O)C5)CC3)cc1F)C2. The van der Waals surface area contributed by atoms with Gasteiger partial charge in [-0.2, -0.15) is 0 Å². The van der Waals surface area contributed by atoms with Crippen molar-refractivity contribution in [3.05, 3.63) is 83.3 Å². The molecule has 0 spiro atoms. The van der Waals surface area contributed by atoms with E-state index in [1.165, 1.54) is 6.07 Å². The molecule has 14 nitrogen and oxygen atoms in total. The third-order valence-corrected chi connectivity index (χ3v) is 11.4. The van der Waals surface area contributed by atoms with Gasteiger partial charge in [-0.15, -0.1) is 10.2 Å². The van der Waals surface area contributed by atoms with Gasteiger partial charge in [0.1, 0.15) is 17.9 Å². The van der Waals surface area contributed by atoms with E-state index in [4.69, 9.17) is 4.74 Å². The molecule has 3 N–H and O–H groups in total. The van der Waals surface area contributed by atoms with Crippen LogP contribution in [0.5, 0.6) is 11.6 Å². The van der Waals surface area contributed by atoms with Gasteiger partial charge >= 0.3 is 0 Å². The van der Waals surface area contributed by atoms with Crippen LogP contribution in [-0.2, 0) is 22.7 Å². The number of anilines is 3. The molecule has 3 amide bonds. The highest BCUT2D eigenvalue weighted by Gasteiger charge is 2.47. The zero-order valence-electron chi connectivity index (χ0n) is 29.8. The molecule has 5 aliphatic heterocycles. The lowest BCUT2D eigenvalue weighted by Crippen LogP contribution is -2.52. The molecule has 3 atom stereocenters. The van der Waals surface area contributed by atoms with Crippen LogP contribution >= 0.6 is 0 Å². The number of fused-ring (bicyclic) bond motifs is 4. The fourth-order valence-corrected chi connectivity index (χ4v) is 8.49. The van der Waals surface area contributed by atoms with Gasteiger partial charge in [-0.1, -0.05) is 18.2 Å². The van der Waals surface area contributed by atoms with Crippen LogP contribution in [0.3, 0.4) is 0 Å². The van der Waals surface area contributed by atoms with Crippen LogP contribution in [0.2, 0.25) is 0 Å². The highest BCUT2D eigenvalue weighted by molar-refractivity contribution is 6.05. The number of piperidine rings is 1. The maximum Gasteiger partial charge on any atom is 0.255 e. The summed E-state index contributed by atoms with van der Waals surface area (Å²) in [5.41, 5.74) is 4.89. The largest absolute Gasteiger partial charge is 0.507 e. The molecule has 7 heterocycles. The Kier molecular flexibility index (Phi) is 8.32. The number of rotatable bonds is 7. The summed E-state index contributed by atoms with van der Waals surface area (Å²) in [6, 6.07) is 15.7. The van der Waals surface area contributed by atoms with Gasteiger partial charge in [0.05, 0.1) is 23.5 Å². The van der Waals surface area contributed by atoms with E-state index >= 15 is 4.39 Å². The minimum Gasteiger partial charge on any atom is -0.507 e. The fraction of sp³-hybridized carbons (Fsp3) is 0.385. The lowest BCUT2D eigenvalue weighted by Gasteiger charge is -2.41. The molecule has 5 aliphatic rings. The second-order valence-electron chi connectivity index (χ2n) is 15.0. The van der Waals surface area contributed by atoms with Crippen LogP contribution < -0.4 is 25.2 Å². The second-order valence-corrected chi connectivity index (χ2v) is 15.0. The lowest BCUT2D eigenvalue weighted by molar-refractivity contribution is -0.136. The molecule has 0 aliphatic carbocycles. The Hall–Kier alpha value is -5.83. The predicted molar refractivity (Wildman–Crippen MR) is 197 cm³/mol. The summed E-state index contributed by atoms with van der Waals surface area (Å²) < 4.78 is 21.7. The van der Waals surface area contributed by atoms with E-state index in [-0.39, 0.29) is 41.5 Å². The molecule has 3 saturated heterocycles. The second kappa shape index (κ2) is 13.2. The topological polar surface area (TPSA) is 156 Å². The molecule has 9 rings (SSSR count). The van der Waals surface area contributed by atoms with E-state index in [9.17, 15) is 19.5 Å². The van der Waals surface area contributed by atoms with Crippen molar-refractivity contribution in [2.24, 2.45) is 0 Å². The van der Waals surface area contributed by atoms with E-state index in [1.807, 2.05) is 30.3 Å². The number of halogens is 1. The van der Waals surface area contributed by atoms with Crippen LogP contribution in [-0.4, -0.2) is 105 Å². The lowest BCUT2D eigenvalue weighted by atomic mass is 9.95. The number of pyridine rings is 1. The summed E-state index contributed by atoms with van der Waals surface area (Å²) in [5.74, 6) is -0.634. The molecule has 0 bridgehead atoms. The number of para-hydroxylation sites is 1. The highest BCUT2D eigenvalue weighted by atomic mass is 19.1. The van der Waals surface area contributed by atoms with Crippen LogP contribution in [0.25, 0.3) is 11.3 Å². The molecule has 0 saturated carbocycles. The molecule has 3 fully saturated rings. The fourth-order valence-electron chi connectivity index (χ4n) is 8.49. The van der Waals surface area contributed by atoms with Crippen molar-refractivity contribution in [1.29, 1.82) is 0 Å². The van der Waals surface area contributed by atoms with Crippen molar-refractivity contribution in [2.45, 2.75) is 57.0 Å². The van der Waals surface area contributed by atoms with Gasteiger partial charge in [-0.05, 0) is 60.9 Å². The Balaban J connectivity index is 0.806. The summed E-state index contributed by atoms with van der Waals surface area (Å²) in [5, 5.41) is 24.9. The first-order valence-corrected chi connectivity index (χ1v) is 18.4. The van der Waals surface area contributed by atoms with Gasteiger partial charge < -0.3 is 29.9 Å². The Morgan fingerprint density at radius 3 is 2.65 bits per heavy atom. The standard InChI is InChI=1S/C39H40FN9O5/c1-39-17-26(21-49(39)32-16-30(44-45-35(32)42-22-39)27-4-2-3-5-33(27)50)54-37-29(40)14-23(18-41-37)19-46-10-12-47(13-11-46)25-7-6-24-20-48(38(53)28(24)15-25)31-8-9-34(51)43-36(31)52/h2-7,14-16,18,26,31,50H,8-13,17,19-22H2,1H3,(H,42,45)(H,43,51,52)/t26-,31+,39+/m1/s1. The van der Waals surface area contributed by atoms with Crippen molar-refractivity contribution in [1.82, 2.24) is 30.3 Å².